The van der Waals surface area contributed by atoms with Gasteiger partial charge in [0.15, 0.2) is 0 Å². The van der Waals surface area contributed by atoms with Gasteiger partial charge < -0.3 is 19.6 Å². The Morgan fingerprint density at radius 1 is 0.219 bits per heavy atom. The lowest BCUT2D eigenvalue weighted by molar-refractivity contribution is 0.870. The first kappa shape index (κ1) is 57.4. The Morgan fingerprint density at radius 2 is 0.615 bits per heavy atom. The van der Waals surface area contributed by atoms with Gasteiger partial charge in [-0.05, 0) is 252 Å². The summed E-state index contributed by atoms with van der Waals surface area (Å²) in [6.07, 6.45) is 10.1. The van der Waals surface area contributed by atoms with Crippen molar-refractivity contribution in [1.82, 2.24) is 0 Å². The fourth-order valence-corrected chi connectivity index (χ4v) is 14.6. The molecule has 0 spiro atoms. The molecule has 0 bridgehead atoms. The van der Waals surface area contributed by atoms with Gasteiger partial charge in [-0.2, -0.15) is 0 Å². The summed E-state index contributed by atoms with van der Waals surface area (Å²) in [4.78, 5) is 9.48. The second kappa shape index (κ2) is 25.2. The van der Waals surface area contributed by atoms with Crippen LogP contribution in [0.4, 0.5) is 68.2 Å². The summed E-state index contributed by atoms with van der Waals surface area (Å²) in [7, 11) is 0. The van der Waals surface area contributed by atoms with E-state index in [0.29, 0.717) is 0 Å². The highest BCUT2D eigenvalue weighted by molar-refractivity contribution is 6.19. The molecule has 4 nitrogen and oxygen atoms in total. The van der Waals surface area contributed by atoms with Crippen molar-refractivity contribution in [3.05, 3.63) is 388 Å². The van der Waals surface area contributed by atoms with E-state index in [9.17, 15) is 0 Å². The van der Waals surface area contributed by atoms with Gasteiger partial charge in [0.2, 0.25) is 0 Å². The van der Waals surface area contributed by atoms with Crippen LogP contribution in [0.1, 0.15) is 17.9 Å². The van der Waals surface area contributed by atoms with Gasteiger partial charge in [-0.3, -0.25) is 0 Å². The van der Waals surface area contributed by atoms with Crippen molar-refractivity contribution in [2.45, 2.75) is 12.3 Å². The van der Waals surface area contributed by atoms with Crippen LogP contribution in [0.3, 0.4) is 0 Å². The van der Waals surface area contributed by atoms with Crippen LogP contribution >= 0.6 is 0 Å². The zero-order valence-corrected chi connectivity index (χ0v) is 52.9. The van der Waals surface area contributed by atoms with Crippen LogP contribution in [-0.2, 0) is 0 Å². The van der Waals surface area contributed by atoms with Crippen molar-refractivity contribution in [2.24, 2.45) is 0 Å². The molecule has 16 aromatic carbocycles. The molecular formula is C92H66N4. The molecule has 1 aliphatic carbocycles. The number of anilines is 12. The van der Waals surface area contributed by atoms with Crippen LogP contribution in [-0.4, -0.2) is 0 Å². The third-order valence-electron chi connectivity index (χ3n) is 19.0. The van der Waals surface area contributed by atoms with Gasteiger partial charge in [-0.25, -0.2) is 0 Å². The van der Waals surface area contributed by atoms with Crippen molar-refractivity contribution >= 4 is 122 Å². The molecule has 0 saturated heterocycles. The van der Waals surface area contributed by atoms with Crippen LogP contribution in [0.5, 0.6) is 0 Å². The molecule has 17 rings (SSSR count). The lowest BCUT2D eigenvalue weighted by Crippen LogP contribution is -2.12. The second-order valence-corrected chi connectivity index (χ2v) is 24.8. The Morgan fingerprint density at radius 3 is 1.09 bits per heavy atom. The predicted octanol–water partition coefficient (Wildman–Crippen LogP) is 26.3. The zero-order chi connectivity index (χ0) is 63.7. The molecule has 0 saturated carbocycles. The molecule has 16 aromatic rings. The molecule has 4 heteroatoms. The van der Waals surface area contributed by atoms with E-state index in [1.807, 2.05) is 0 Å². The number of rotatable bonds is 15. The molecule has 0 aliphatic heterocycles. The summed E-state index contributed by atoms with van der Waals surface area (Å²) in [6.45, 7) is 0. The largest absolute Gasteiger partial charge is 0.311 e. The number of allylic oxidation sites excluding steroid dienone is 4. The maximum Gasteiger partial charge on any atom is 0.0468 e. The zero-order valence-electron chi connectivity index (χ0n) is 52.9. The topological polar surface area (TPSA) is 13.0 Å². The third-order valence-corrected chi connectivity index (χ3v) is 19.0. The van der Waals surface area contributed by atoms with Crippen LogP contribution in [0, 0.1) is 0 Å². The maximum atomic E-state index is 2.48. The number of para-hydroxylation sites is 6. The van der Waals surface area contributed by atoms with Crippen molar-refractivity contribution < 1.29 is 0 Å². The number of benzene rings is 16. The highest BCUT2D eigenvalue weighted by Crippen LogP contribution is 2.50. The van der Waals surface area contributed by atoms with Crippen molar-refractivity contribution in [3.63, 3.8) is 0 Å². The van der Waals surface area contributed by atoms with Gasteiger partial charge in [-0.1, -0.05) is 218 Å². The van der Waals surface area contributed by atoms with E-state index in [1.165, 1.54) is 76.1 Å². The Hall–Kier alpha value is -12.5. The highest BCUT2D eigenvalue weighted by atomic mass is 15.2. The molecule has 0 radical (unpaired) electrons. The fraction of sp³-hybridized carbons (Fsp3) is 0.0217. The summed E-state index contributed by atoms with van der Waals surface area (Å²) >= 11 is 0. The number of hydrogen-bond acceptors (Lipinski definition) is 4. The molecule has 0 amide bonds. The van der Waals surface area contributed by atoms with E-state index in [0.717, 1.165) is 80.2 Å². The normalized spacial score (nSPS) is 12.8. The van der Waals surface area contributed by atoms with E-state index in [2.05, 4.69) is 402 Å². The van der Waals surface area contributed by atoms with Gasteiger partial charge in [0.1, 0.15) is 0 Å². The summed E-state index contributed by atoms with van der Waals surface area (Å²) < 4.78 is 0. The van der Waals surface area contributed by atoms with Gasteiger partial charge >= 0.3 is 0 Å². The summed E-state index contributed by atoms with van der Waals surface area (Å²) in [5.74, 6) is 0.102. The Bertz CT molecular complexity index is 5460. The lowest BCUT2D eigenvalue weighted by Gasteiger charge is -2.30. The molecule has 0 N–H and O–H groups in total. The van der Waals surface area contributed by atoms with E-state index < -0.39 is 0 Å². The van der Waals surface area contributed by atoms with Gasteiger partial charge in [0.25, 0.3) is 0 Å². The standard InChI is InChI=1S/C92H66N4/c1-8-26-65(27-9-1)91-86-58-55-82(96(76-42-20-7-21-43-76)80-53-49-78(50-54-80)94(73-36-14-4-15-37-73)74-38-16-5-17-39-74)64-90(86)92(70-31-24-30-68(61-70)83-44-25-45-84-85(83)57-46-69-60-66-28-22-23-29-67(66)62-88(69)84)87-59-56-81(63-89(87)91)95(75-40-18-6-19-41-75)79-51-47-77(48-52-79)93(71-32-10-2-11-33-71)72-34-12-3-13-35-72/h1-26,28-65H,27H2. The van der Waals surface area contributed by atoms with Crippen LogP contribution in [0.25, 0.3) is 76.1 Å². The summed E-state index contributed by atoms with van der Waals surface area (Å²) in [5.41, 5.74) is 19.0. The maximum absolute atomic E-state index is 2.48. The van der Waals surface area contributed by atoms with Gasteiger partial charge in [0, 0.05) is 74.2 Å². The average molecular weight is 1230 g/mol. The number of fused-ring (bicyclic) bond motifs is 6. The summed E-state index contributed by atoms with van der Waals surface area (Å²) in [5, 5.41) is 12.3. The molecule has 96 heavy (non-hydrogen) atoms. The van der Waals surface area contributed by atoms with E-state index >= 15 is 0 Å². The van der Waals surface area contributed by atoms with Crippen molar-refractivity contribution in [3.8, 4) is 22.3 Å². The Kier molecular flexibility index (Phi) is 15.1. The molecule has 1 unspecified atom stereocenters. The minimum atomic E-state index is 0.102. The predicted molar refractivity (Wildman–Crippen MR) is 409 cm³/mol. The molecule has 0 heterocycles. The lowest BCUT2D eigenvalue weighted by atomic mass is 9.81. The molecule has 0 fully saturated rings. The van der Waals surface area contributed by atoms with Crippen LogP contribution in [0.15, 0.2) is 382 Å². The first-order valence-electron chi connectivity index (χ1n) is 33.2. The van der Waals surface area contributed by atoms with Crippen molar-refractivity contribution in [2.75, 3.05) is 19.6 Å². The molecule has 1 atom stereocenters. The average Bonchev–Trinajstić information content (AvgIpc) is 0.742. The molecular weight excluding hydrogens is 1160 g/mol. The highest BCUT2D eigenvalue weighted by Gasteiger charge is 2.26. The monoisotopic (exact) mass is 1230 g/mol. The number of hydrogen-bond donors (Lipinski definition) is 0. The fourth-order valence-electron chi connectivity index (χ4n) is 14.6. The smallest absolute Gasteiger partial charge is 0.0468 e. The van der Waals surface area contributed by atoms with Gasteiger partial charge in [-0.15, -0.1) is 0 Å². The second-order valence-electron chi connectivity index (χ2n) is 24.8. The molecule has 0 aromatic heterocycles. The molecule has 1 aliphatic rings. The van der Waals surface area contributed by atoms with E-state index in [4.69, 9.17) is 0 Å². The Labute approximate surface area is 560 Å². The first-order valence-corrected chi connectivity index (χ1v) is 33.2. The summed E-state index contributed by atoms with van der Waals surface area (Å²) in [6, 6.07) is 131. The van der Waals surface area contributed by atoms with Crippen molar-refractivity contribution in [1.29, 1.82) is 0 Å². The number of nitrogens with zero attached hydrogens (tertiary/aromatic N) is 4. The SMILES string of the molecule is C1=CCC(c2c3ccc(N(c4ccccc4)c4ccc(N(c5ccccc5)c5ccccc5)cc4)cc3c(-c3cccc(-c4cccc5c4ccc4cc6ccccc6cc45)c3)c3ccc(N(c4ccccc4)c4ccc(N(c5ccccc5)c5ccccc5)cc4)cc23)C=C1. The van der Waals surface area contributed by atoms with E-state index in [1.54, 1.807) is 0 Å². The quantitative estimate of drug-likeness (QED) is 0.0749. The minimum absolute atomic E-state index is 0.102. The first-order chi connectivity index (χ1) is 47.6. The van der Waals surface area contributed by atoms with Crippen LogP contribution in [0.2, 0.25) is 0 Å². The van der Waals surface area contributed by atoms with Crippen LogP contribution < -0.4 is 19.6 Å². The molecule has 454 valence electrons. The minimum Gasteiger partial charge on any atom is -0.311 e. The van der Waals surface area contributed by atoms with Gasteiger partial charge in [0.05, 0.1) is 0 Å². The van der Waals surface area contributed by atoms with E-state index in [-0.39, 0.29) is 5.92 Å². The third kappa shape index (κ3) is 10.8. The Balaban J connectivity index is 0.877.